The van der Waals surface area contributed by atoms with Gasteiger partial charge in [-0.05, 0) is 57.2 Å². The molecule has 5 heterocycles. The van der Waals surface area contributed by atoms with Gasteiger partial charge < -0.3 is 24.9 Å². The summed E-state index contributed by atoms with van der Waals surface area (Å²) in [4.78, 5) is 27.3. The van der Waals surface area contributed by atoms with Gasteiger partial charge in [-0.3, -0.25) is 4.79 Å². The number of amides is 1. The van der Waals surface area contributed by atoms with E-state index in [-0.39, 0.29) is 6.04 Å². The normalized spacial score (nSPS) is 25.3. The van der Waals surface area contributed by atoms with Gasteiger partial charge in [-0.1, -0.05) is 0 Å². The SMILES string of the molecule is O=C(C1CCCN1)N1CCN(c2nc(N3CCCC3)ccc2N2CCCC2)CC1. The van der Waals surface area contributed by atoms with Gasteiger partial charge in [0.2, 0.25) is 5.91 Å². The molecule has 0 aliphatic carbocycles. The summed E-state index contributed by atoms with van der Waals surface area (Å²) in [5.41, 5.74) is 1.28. The maximum Gasteiger partial charge on any atom is 0.239 e. The summed E-state index contributed by atoms with van der Waals surface area (Å²) in [5, 5.41) is 3.35. The average Bonchev–Trinajstić information content (AvgIpc) is 3.56. The van der Waals surface area contributed by atoms with Crippen LogP contribution >= 0.6 is 0 Å². The topological polar surface area (TPSA) is 55.0 Å². The molecule has 1 N–H and O–H groups in total. The van der Waals surface area contributed by atoms with Crippen LogP contribution in [-0.2, 0) is 4.79 Å². The van der Waals surface area contributed by atoms with Crippen molar-refractivity contribution >= 4 is 23.2 Å². The van der Waals surface area contributed by atoms with E-state index >= 15 is 0 Å². The highest BCUT2D eigenvalue weighted by Gasteiger charge is 2.31. The lowest BCUT2D eigenvalue weighted by atomic mass is 10.2. The first-order chi connectivity index (χ1) is 14.3. The fraction of sp³-hybridized carbons (Fsp3) is 0.727. The molecule has 1 unspecified atom stereocenters. The van der Waals surface area contributed by atoms with Gasteiger partial charge in [-0.25, -0.2) is 4.98 Å². The summed E-state index contributed by atoms with van der Waals surface area (Å²) in [7, 11) is 0. The Morgan fingerprint density at radius 2 is 1.52 bits per heavy atom. The molecule has 4 fully saturated rings. The zero-order chi connectivity index (χ0) is 19.6. The Morgan fingerprint density at radius 3 is 2.17 bits per heavy atom. The summed E-state index contributed by atoms with van der Waals surface area (Å²) in [6, 6.07) is 4.55. The number of nitrogens with one attached hydrogen (secondary N) is 1. The fourth-order valence-electron chi connectivity index (χ4n) is 5.25. The molecule has 1 amide bonds. The Bertz CT molecular complexity index is 714. The van der Waals surface area contributed by atoms with Gasteiger partial charge in [-0.2, -0.15) is 0 Å². The van der Waals surface area contributed by atoms with E-state index in [2.05, 4.69) is 37.0 Å². The van der Waals surface area contributed by atoms with Crippen molar-refractivity contribution in [2.75, 3.05) is 73.6 Å². The van der Waals surface area contributed by atoms with E-state index in [1.807, 2.05) is 0 Å². The number of pyridine rings is 1. The second-order valence-electron chi connectivity index (χ2n) is 8.86. The highest BCUT2D eigenvalue weighted by molar-refractivity contribution is 5.82. The third kappa shape index (κ3) is 3.89. The molecule has 5 rings (SSSR count). The molecule has 1 aromatic heterocycles. The lowest BCUT2D eigenvalue weighted by Crippen LogP contribution is -2.53. The van der Waals surface area contributed by atoms with E-state index in [1.165, 1.54) is 31.4 Å². The number of carbonyl (C=O) groups excluding carboxylic acids is 1. The van der Waals surface area contributed by atoms with Crippen LogP contribution in [0.25, 0.3) is 0 Å². The number of nitrogens with zero attached hydrogens (tertiary/aromatic N) is 5. The van der Waals surface area contributed by atoms with Crippen molar-refractivity contribution in [2.45, 2.75) is 44.6 Å². The Kier molecular flexibility index (Phi) is 5.48. The smallest absolute Gasteiger partial charge is 0.239 e. The Hall–Kier alpha value is -2.02. The molecule has 29 heavy (non-hydrogen) atoms. The lowest BCUT2D eigenvalue weighted by molar-refractivity contribution is -0.133. The molecule has 0 saturated carbocycles. The maximum absolute atomic E-state index is 12.8. The van der Waals surface area contributed by atoms with E-state index in [1.54, 1.807) is 0 Å². The highest BCUT2D eigenvalue weighted by Crippen LogP contribution is 2.34. The molecule has 0 radical (unpaired) electrons. The molecule has 4 aliphatic heterocycles. The Balaban J connectivity index is 1.33. The first-order valence-corrected chi connectivity index (χ1v) is 11.6. The van der Waals surface area contributed by atoms with Gasteiger partial charge in [0.15, 0.2) is 5.82 Å². The number of carbonyl (C=O) groups is 1. The van der Waals surface area contributed by atoms with Crippen LogP contribution in [0.15, 0.2) is 12.1 Å². The first-order valence-electron chi connectivity index (χ1n) is 11.6. The second kappa shape index (κ2) is 8.38. The van der Waals surface area contributed by atoms with Gasteiger partial charge in [0.25, 0.3) is 0 Å². The molecular weight excluding hydrogens is 364 g/mol. The first kappa shape index (κ1) is 19.0. The zero-order valence-corrected chi connectivity index (χ0v) is 17.5. The van der Waals surface area contributed by atoms with Crippen LogP contribution in [0.1, 0.15) is 38.5 Å². The van der Waals surface area contributed by atoms with Crippen molar-refractivity contribution in [1.82, 2.24) is 15.2 Å². The number of aromatic nitrogens is 1. The molecule has 7 heteroatoms. The number of piperazine rings is 1. The minimum absolute atomic E-state index is 0.0401. The van der Waals surface area contributed by atoms with Crippen molar-refractivity contribution < 1.29 is 4.79 Å². The van der Waals surface area contributed by atoms with E-state index in [0.717, 1.165) is 83.4 Å². The summed E-state index contributed by atoms with van der Waals surface area (Å²) in [6.07, 6.45) is 7.16. The molecule has 7 nitrogen and oxygen atoms in total. The minimum atomic E-state index is 0.0401. The lowest BCUT2D eigenvalue weighted by Gasteiger charge is -2.38. The minimum Gasteiger partial charge on any atom is -0.369 e. The molecule has 158 valence electrons. The molecule has 4 aliphatic rings. The number of hydrogen-bond donors (Lipinski definition) is 1. The van der Waals surface area contributed by atoms with Crippen LogP contribution < -0.4 is 20.0 Å². The Labute approximate surface area is 174 Å². The average molecular weight is 399 g/mol. The van der Waals surface area contributed by atoms with Gasteiger partial charge in [0, 0.05) is 52.4 Å². The maximum atomic E-state index is 12.8. The van der Waals surface area contributed by atoms with E-state index < -0.39 is 0 Å². The predicted molar refractivity (Wildman–Crippen MR) is 117 cm³/mol. The van der Waals surface area contributed by atoms with Gasteiger partial charge in [-0.15, -0.1) is 0 Å². The van der Waals surface area contributed by atoms with Crippen LogP contribution in [0, 0.1) is 0 Å². The predicted octanol–water partition coefficient (Wildman–Crippen LogP) is 1.68. The van der Waals surface area contributed by atoms with Gasteiger partial charge in [0.05, 0.1) is 11.7 Å². The number of hydrogen-bond acceptors (Lipinski definition) is 6. The summed E-state index contributed by atoms with van der Waals surface area (Å²) >= 11 is 0. The van der Waals surface area contributed by atoms with Crippen LogP contribution in [0.2, 0.25) is 0 Å². The molecule has 0 aromatic carbocycles. The standard InChI is InChI=1S/C22H34N6O/c29-22(18-6-5-9-23-18)28-16-14-27(15-17-28)21-19(25-10-1-2-11-25)7-8-20(24-21)26-12-3-4-13-26/h7-8,18,23H,1-6,9-17H2. The van der Waals surface area contributed by atoms with Crippen LogP contribution in [-0.4, -0.2) is 80.7 Å². The van der Waals surface area contributed by atoms with Crippen LogP contribution in [0.3, 0.4) is 0 Å². The fourth-order valence-corrected chi connectivity index (χ4v) is 5.25. The quantitative estimate of drug-likeness (QED) is 0.833. The van der Waals surface area contributed by atoms with Gasteiger partial charge in [0.1, 0.15) is 5.82 Å². The van der Waals surface area contributed by atoms with Crippen LogP contribution in [0.4, 0.5) is 17.3 Å². The van der Waals surface area contributed by atoms with E-state index in [0.29, 0.717) is 5.91 Å². The molecule has 1 atom stereocenters. The zero-order valence-electron chi connectivity index (χ0n) is 17.5. The van der Waals surface area contributed by atoms with E-state index in [4.69, 9.17) is 4.98 Å². The number of anilines is 3. The van der Waals surface area contributed by atoms with E-state index in [9.17, 15) is 4.79 Å². The number of rotatable bonds is 4. The third-order valence-corrected chi connectivity index (χ3v) is 6.97. The van der Waals surface area contributed by atoms with Crippen LogP contribution in [0.5, 0.6) is 0 Å². The molecule has 0 spiro atoms. The monoisotopic (exact) mass is 398 g/mol. The summed E-state index contributed by atoms with van der Waals surface area (Å²) in [6.45, 7) is 8.80. The second-order valence-corrected chi connectivity index (χ2v) is 8.86. The molecule has 1 aromatic rings. The Morgan fingerprint density at radius 1 is 0.828 bits per heavy atom. The molecule has 0 bridgehead atoms. The largest absolute Gasteiger partial charge is 0.369 e. The van der Waals surface area contributed by atoms with Crippen molar-refractivity contribution in [2.24, 2.45) is 0 Å². The third-order valence-electron chi connectivity index (χ3n) is 6.97. The summed E-state index contributed by atoms with van der Waals surface area (Å²) in [5.74, 6) is 2.54. The van der Waals surface area contributed by atoms with Crippen molar-refractivity contribution in [3.8, 4) is 0 Å². The van der Waals surface area contributed by atoms with Crippen molar-refractivity contribution in [3.05, 3.63) is 12.1 Å². The van der Waals surface area contributed by atoms with Crippen molar-refractivity contribution in [1.29, 1.82) is 0 Å². The van der Waals surface area contributed by atoms with Crippen molar-refractivity contribution in [3.63, 3.8) is 0 Å². The highest BCUT2D eigenvalue weighted by atomic mass is 16.2. The van der Waals surface area contributed by atoms with Gasteiger partial charge >= 0.3 is 0 Å². The molecular formula is C22H34N6O. The summed E-state index contributed by atoms with van der Waals surface area (Å²) < 4.78 is 0. The molecule has 4 saturated heterocycles.